The number of hydrogen-bond donors (Lipinski definition) is 2. The molecule has 2 heterocycles. The van der Waals surface area contributed by atoms with Crippen LogP contribution in [0.3, 0.4) is 0 Å². The number of ether oxygens (including phenoxy) is 1. The average molecular weight is 481 g/mol. The van der Waals surface area contributed by atoms with Crippen molar-refractivity contribution >= 4 is 29.9 Å². The third-order valence-corrected chi connectivity index (χ3v) is 4.35. The largest absolute Gasteiger partial charge is 0.474 e. The minimum Gasteiger partial charge on any atom is -0.474 e. The van der Waals surface area contributed by atoms with Crippen LogP contribution >= 0.6 is 24.0 Å². The van der Waals surface area contributed by atoms with E-state index in [4.69, 9.17) is 4.74 Å². The van der Waals surface area contributed by atoms with Gasteiger partial charge in [-0.15, -0.1) is 24.0 Å². The minimum atomic E-state index is 0. The molecule has 1 aliphatic rings. The van der Waals surface area contributed by atoms with Crippen molar-refractivity contribution in [2.45, 2.75) is 51.8 Å². The summed E-state index contributed by atoms with van der Waals surface area (Å²) in [5.74, 6) is 1.47. The van der Waals surface area contributed by atoms with Gasteiger partial charge in [-0.2, -0.15) is 0 Å². The van der Waals surface area contributed by atoms with E-state index in [0.29, 0.717) is 25.1 Å². The first-order valence-corrected chi connectivity index (χ1v) is 9.38. The highest BCUT2D eigenvalue weighted by molar-refractivity contribution is 14.0. The maximum absolute atomic E-state index is 6.10. The van der Waals surface area contributed by atoms with Crippen LogP contribution in [-0.4, -0.2) is 28.6 Å². The number of aliphatic imine (C=N–C) groups is 1. The van der Waals surface area contributed by atoms with E-state index in [9.17, 15) is 0 Å². The summed E-state index contributed by atoms with van der Waals surface area (Å²) in [5.41, 5.74) is 1.99. The van der Waals surface area contributed by atoms with Crippen molar-refractivity contribution in [3.8, 4) is 5.88 Å². The van der Waals surface area contributed by atoms with Crippen molar-refractivity contribution in [2.24, 2.45) is 4.99 Å². The van der Waals surface area contributed by atoms with Gasteiger partial charge in [0.1, 0.15) is 6.10 Å². The zero-order valence-electron chi connectivity index (χ0n) is 15.7. The molecule has 0 aromatic carbocycles. The second-order valence-corrected chi connectivity index (χ2v) is 6.36. The van der Waals surface area contributed by atoms with Crippen LogP contribution in [0.5, 0.6) is 5.88 Å². The van der Waals surface area contributed by atoms with E-state index in [-0.39, 0.29) is 24.0 Å². The van der Waals surface area contributed by atoms with Gasteiger partial charge in [0.2, 0.25) is 5.88 Å². The van der Waals surface area contributed by atoms with E-state index in [0.717, 1.165) is 36.6 Å². The quantitative estimate of drug-likeness (QED) is 0.359. The highest BCUT2D eigenvalue weighted by Crippen LogP contribution is 2.25. The van der Waals surface area contributed by atoms with Gasteiger partial charge in [0.05, 0.1) is 18.8 Å². The second kappa shape index (κ2) is 11.7. The van der Waals surface area contributed by atoms with Gasteiger partial charge in [-0.1, -0.05) is 12.1 Å². The van der Waals surface area contributed by atoms with E-state index in [1.165, 1.54) is 12.8 Å². The Morgan fingerprint density at radius 2 is 1.93 bits per heavy atom. The summed E-state index contributed by atoms with van der Waals surface area (Å²) in [5, 5.41) is 6.58. The van der Waals surface area contributed by atoms with E-state index in [1.807, 2.05) is 30.3 Å². The summed E-state index contributed by atoms with van der Waals surface area (Å²) < 4.78 is 6.10. The molecule has 0 amide bonds. The number of nitrogens with one attached hydrogen (secondary N) is 2. The molecule has 3 rings (SSSR count). The van der Waals surface area contributed by atoms with Gasteiger partial charge in [0.15, 0.2) is 5.96 Å². The van der Waals surface area contributed by atoms with E-state index in [1.54, 1.807) is 12.4 Å². The monoisotopic (exact) mass is 481 g/mol. The molecule has 0 bridgehead atoms. The number of aromatic nitrogens is 2. The molecular weight excluding hydrogens is 453 g/mol. The van der Waals surface area contributed by atoms with Crippen molar-refractivity contribution in [3.05, 3.63) is 54.0 Å². The van der Waals surface area contributed by atoms with Crippen LogP contribution in [0.15, 0.2) is 47.7 Å². The molecule has 2 N–H and O–H groups in total. The average Bonchev–Trinajstić information content (AvgIpc) is 3.19. The van der Waals surface area contributed by atoms with Gasteiger partial charge in [-0.3, -0.25) is 4.98 Å². The molecule has 1 fully saturated rings. The SMILES string of the molecule is CCNC(=NCc1cccnc1OC1CCCC1)NCc1ccccn1.I. The van der Waals surface area contributed by atoms with Crippen molar-refractivity contribution < 1.29 is 4.74 Å². The van der Waals surface area contributed by atoms with Crippen LogP contribution in [0.4, 0.5) is 0 Å². The van der Waals surface area contributed by atoms with Gasteiger partial charge in [0, 0.05) is 24.5 Å². The maximum Gasteiger partial charge on any atom is 0.218 e. The fourth-order valence-corrected chi connectivity index (χ4v) is 3.00. The van der Waals surface area contributed by atoms with Crippen molar-refractivity contribution in [1.82, 2.24) is 20.6 Å². The summed E-state index contributed by atoms with van der Waals surface area (Å²) in [4.78, 5) is 13.4. The summed E-state index contributed by atoms with van der Waals surface area (Å²) in [6.07, 6.45) is 8.59. The van der Waals surface area contributed by atoms with E-state index >= 15 is 0 Å². The lowest BCUT2D eigenvalue weighted by Crippen LogP contribution is -2.37. The predicted octanol–water partition coefficient (Wildman–Crippen LogP) is 3.67. The van der Waals surface area contributed by atoms with Crippen LogP contribution in [-0.2, 0) is 13.1 Å². The number of guanidine groups is 1. The summed E-state index contributed by atoms with van der Waals surface area (Å²) in [6, 6.07) is 9.85. The fourth-order valence-electron chi connectivity index (χ4n) is 3.00. The molecule has 0 atom stereocenters. The third kappa shape index (κ3) is 6.97. The number of nitrogens with zero attached hydrogens (tertiary/aromatic N) is 3. The molecule has 6 nitrogen and oxygen atoms in total. The molecule has 0 spiro atoms. The first kappa shape index (κ1) is 21.4. The Hall–Kier alpha value is -1.90. The van der Waals surface area contributed by atoms with Crippen LogP contribution in [0.1, 0.15) is 43.9 Å². The fraction of sp³-hybridized carbons (Fsp3) is 0.450. The van der Waals surface area contributed by atoms with E-state index < -0.39 is 0 Å². The van der Waals surface area contributed by atoms with Gasteiger partial charge >= 0.3 is 0 Å². The molecule has 0 radical (unpaired) electrons. The number of rotatable bonds is 7. The minimum absolute atomic E-state index is 0. The molecule has 0 aliphatic heterocycles. The Bertz CT molecular complexity index is 705. The van der Waals surface area contributed by atoms with Crippen LogP contribution in [0, 0.1) is 0 Å². The lowest BCUT2D eigenvalue weighted by molar-refractivity contribution is 0.199. The van der Waals surface area contributed by atoms with Gasteiger partial charge in [0.25, 0.3) is 0 Å². The molecule has 1 saturated carbocycles. The summed E-state index contributed by atoms with van der Waals surface area (Å²) >= 11 is 0. The topological polar surface area (TPSA) is 71.4 Å². The molecule has 2 aromatic rings. The summed E-state index contributed by atoms with van der Waals surface area (Å²) in [7, 11) is 0. The van der Waals surface area contributed by atoms with Crippen LogP contribution in [0.25, 0.3) is 0 Å². The zero-order chi connectivity index (χ0) is 18.0. The molecule has 146 valence electrons. The Kier molecular flexibility index (Phi) is 9.30. The summed E-state index contributed by atoms with van der Waals surface area (Å²) in [6.45, 7) is 4.00. The van der Waals surface area contributed by atoms with E-state index in [2.05, 4.69) is 32.5 Å². The van der Waals surface area contributed by atoms with Gasteiger partial charge in [-0.25, -0.2) is 9.98 Å². The Morgan fingerprint density at radius 3 is 2.67 bits per heavy atom. The van der Waals surface area contributed by atoms with Crippen LogP contribution in [0.2, 0.25) is 0 Å². The number of pyridine rings is 2. The first-order valence-electron chi connectivity index (χ1n) is 9.38. The highest BCUT2D eigenvalue weighted by atomic mass is 127. The molecule has 0 unspecified atom stereocenters. The first-order chi connectivity index (χ1) is 12.8. The third-order valence-electron chi connectivity index (χ3n) is 4.35. The lowest BCUT2D eigenvalue weighted by Gasteiger charge is -2.15. The Labute approximate surface area is 178 Å². The Balaban J connectivity index is 0.00000261. The van der Waals surface area contributed by atoms with Crippen molar-refractivity contribution in [2.75, 3.05) is 6.54 Å². The Morgan fingerprint density at radius 1 is 1.11 bits per heavy atom. The van der Waals surface area contributed by atoms with Crippen molar-refractivity contribution in [3.63, 3.8) is 0 Å². The number of halogens is 1. The molecule has 7 heteroatoms. The zero-order valence-corrected chi connectivity index (χ0v) is 18.1. The molecular formula is C20H28IN5O. The lowest BCUT2D eigenvalue weighted by atomic mass is 10.2. The standard InChI is InChI=1S/C20H27N5O.HI/c1-2-21-20(25-15-17-9-5-6-12-22-17)24-14-16-8-7-13-23-19(16)26-18-10-3-4-11-18;/h5-9,12-13,18H,2-4,10-11,14-15H2,1H3,(H2,21,24,25);1H. The van der Waals surface area contributed by atoms with Gasteiger partial charge in [-0.05, 0) is 50.8 Å². The van der Waals surface area contributed by atoms with Crippen molar-refractivity contribution in [1.29, 1.82) is 0 Å². The molecule has 27 heavy (non-hydrogen) atoms. The maximum atomic E-state index is 6.10. The van der Waals surface area contributed by atoms with Gasteiger partial charge < -0.3 is 15.4 Å². The highest BCUT2D eigenvalue weighted by Gasteiger charge is 2.18. The molecule has 2 aromatic heterocycles. The molecule has 0 saturated heterocycles. The molecule has 1 aliphatic carbocycles. The smallest absolute Gasteiger partial charge is 0.218 e. The normalized spacial score (nSPS) is 14.5. The number of hydrogen-bond acceptors (Lipinski definition) is 4. The second-order valence-electron chi connectivity index (χ2n) is 6.36. The van der Waals surface area contributed by atoms with Crippen LogP contribution < -0.4 is 15.4 Å². The predicted molar refractivity (Wildman–Crippen MR) is 118 cm³/mol.